The van der Waals surface area contributed by atoms with E-state index in [-0.39, 0.29) is 116 Å². The van der Waals surface area contributed by atoms with Crippen molar-refractivity contribution in [3.05, 3.63) is 71.8 Å². The molecule has 10 heteroatoms. The molecule has 2 aromatic rings. The van der Waals surface area contributed by atoms with Crippen molar-refractivity contribution in [3.8, 4) is 0 Å². The Balaban J connectivity index is 0.00000512. The first-order chi connectivity index (χ1) is 14.6. The fourth-order valence-electron chi connectivity index (χ4n) is 2.90. The summed E-state index contributed by atoms with van der Waals surface area (Å²) in [7, 11) is 0. The van der Waals surface area contributed by atoms with Crippen molar-refractivity contribution in [2.24, 2.45) is 0 Å². The standard InChI is InChI=1S/C23H28N2O6.2K/c1-23(2,3)31-22(30)25(19(21(28)29)15-17-12-8-5-9-13-17)24-18(20(26)27)14-16-10-6-4-7-11-16;;/h4-13,18-19,24H,14-15H2,1-3H3,(H,26,27)(H,28,29);;/q;2*+1/p-2/t18-,19-;;/m0../s1. The average Bonchev–Trinajstić information content (AvgIpc) is 2.69. The summed E-state index contributed by atoms with van der Waals surface area (Å²) in [5, 5.41) is 24.4. The summed E-state index contributed by atoms with van der Waals surface area (Å²) in [6.07, 6.45) is -1.18. The molecule has 0 aromatic heterocycles. The Labute approximate surface area is 279 Å². The molecule has 0 fully saturated rings. The number of hydrogen-bond donors (Lipinski definition) is 1. The third-order valence-corrected chi connectivity index (χ3v) is 4.31. The number of aliphatic carboxylic acids is 2. The van der Waals surface area contributed by atoms with E-state index in [0.717, 1.165) is 0 Å². The zero-order valence-corrected chi connectivity index (χ0v) is 26.0. The third-order valence-electron chi connectivity index (χ3n) is 4.31. The van der Waals surface area contributed by atoms with Crippen LogP contribution in [-0.2, 0) is 27.2 Å². The summed E-state index contributed by atoms with van der Waals surface area (Å²) < 4.78 is 5.32. The number of hydrazine groups is 1. The van der Waals surface area contributed by atoms with E-state index in [0.29, 0.717) is 16.1 Å². The molecule has 1 N–H and O–H groups in total. The summed E-state index contributed by atoms with van der Waals surface area (Å²) in [5.74, 6) is -3.05. The van der Waals surface area contributed by atoms with Crippen molar-refractivity contribution in [2.75, 3.05) is 0 Å². The van der Waals surface area contributed by atoms with Gasteiger partial charge < -0.3 is 24.5 Å². The Morgan fingerprint density at radius 1 is 0.848 bits per heavy atom. The summed E-state index contributed by atoms with van der Waals surface area (Å²) in [6.45, 7) is 4.86. The van der Waals surface area contributed by atoms with Crippen molar-refractivity contribution >= 4 is 18.0 Å². The van der Waals surface area contributed by atoms with Gasteiger partial charge in [-0.2, -0.15) is 0 Å². The molecular formula is C23H26K2N2O6. The van der Waals surface area contributed by atoms with Crippen molar-refractivity contribution in [1.29, 1.82) is 0 Å². The van der Waals surface area contributed by atoms with Crippen molar-refractivity contribution in [1.82, 2.24) is 10.4 Å². The van der Waals surface area contributed by atoms with Crippen LogP contribution >= 0.6 is 0 Å². The van der Waals surface area contributed by atoms with Crippen LogP contribution in [0.5, 0.6) is 0 Å². The summed E-state index contributed by atoms with van der Waals surface area (Å²) >= 11 is 0. The monoisotopic (exact) mass is 504 g/mol. The van der Waals surface area contributed by atoms with E-state index in [1.165, 1.54) is 0 Å². The molecule has 2 aromatic carbocycles. The van der Waals surface area contributed by atoms with Gasteiger partial charge in [0.15, 0.2) is 0 Å². The van der Waals surface area contributed by atoms with Crippen LogP contribution in [0.4, 0.5) is 4.79 Å². The number of carboxylic acid groups (broad SMARTS) is 2. The minimum Gasteiger partial charge on any atom is -0.548 e. The molecule has 0 spiro atoms. The Bertz CT molecular complexity index is 891. The summed E-state index contributed by atoms with van der Waals surface area (Å²) in [5.41, 5.74) is 2.86. The van der Waals surface area contributed by atoms with Gasteiger partial charge in [0, 0.05) is 0 Å². The molecule has 0 unspecified atom stereocenters. The number of carboxylic acids is 2. The van der Waals surface area contributed by atoms with E-state index >= 15 is 0 Å². The summed E-state index contributed by atoms with van der Waals surface area (Å²) in [4.78, 5) is 36.6. The fourth-order valence-corrected chi connectivity index (χ4v) is 2.90. The normalized spacial score (nSPS) is 12.3. The van der Waals surface area contributed by atoms with Crippen LogP contribution in [0.1, 0.15) is 31.9 Å². The molecule has 0 saturated heterocycles. The molecule has 0 aliphatic carbocycles. The Hall–Kier alpha value is -0.117. The second-order valence-corrected chi connectivity index (χ2v) is 8.07. The number of hydrogen-bond acceptors (Lipinski definition) is 7. The molecule has 8 nitrogen and oxygen atoms in total. The Morgan fingerprint density at radius 3 is 1.70 bits per heavy atom. The topological polar surface area (TPSA) is 122 Å². The van der Waals surface area contributed by atoms with Crippen LogP contribution in [0, 0.1) is 0 Å². The van der Waals surface area contributed by atoms with Gasteiger partial charge in [0.25, 0.3) is 0 Å². The van der Waals surface area contributed by atoms with Crippen LogP contribution < -0.4 is 118 Å². The van der Waals surface area contributed by atoms with Crippen LogP contribution in [-0.4, -0.2) is 40.7 Å². The molecule has 0 saturated carbocycles. The molecule has 0 aliphatic rings. The van der Waals surface area contributed by atoms with E-state index in [1.54, 1.807) is 81.4 Å². The molecule has 2 atom stereocenters. The maximum Gasteiger partial charge on any atom is 1.00 e. The molecule has 1 amide bonds. The van der Waals surface area contributed by atoms with Crippen molar-refractivity contribution in [2.45, 2.75) is 51.3 Å². The van der Waals surface area contributed by atoms with Gasteiger partial charge in [0.2, 0.25) is 0 Å². The molecule has 0 bridgehead atoms. The predicted octanol–water partition coefficient (Wildman–Crippen LogP) is -5.54. The predicted molar refractivity (Wildman–Crippen MR) is 109 cm³/mol. The van der Waals surface area contributed by atoms with Crippen molar-refractivity contribution in [3.63, 3.8) is 0 Å². The SMILES string of the molecule is CC(C)(C)OC(=O)N(N[C@@H](Cc1ccccc1)C(=O)[O-])[C@@H](Cc1ccccc1)C(=O)[O-].[K+].[K+]. The van der Waals surface area contributed by atoms with Crippen molar-refractivity contribution < 1.29 is 132 Å². The second-order valence-electron chi connectivity index (χ2n) is 8.07. The number of nitrogens with zero attached hydrogens (tertiary/aromatic N) is 1. The smallest absolute Gasteiger partial charge is 0.548 e. The number of ether oxygens (including phenoxy) is 1. The van der Waals surface area contributed by atoms with E-state index in [2.05, 4.69) is 5.43 Å². The van der Waals surface area contributed by atoms with Gasteiger partial charge in [0.05, 0.1) is 24.0 Å². The van der Waals surface area contributed by atoms with Crippen LogP contribution in [0.3, 0.4) is 0 Å². The van der Waals surface area contributed by atoms with E-state index in [9.17, 15) is 24.6 Å². The second kappa shape index (κ2) is 15.8. The maximum atomic E-state index is 12.8. The number of carbonyl (C=O) groups is 3. The van der Waals surface area contributed by atoms with Crippen LogP contribution in [0.15, 0.2) is 60.7 Å². The number of benzene rings is 2. The first-order valence-electron chi connectivity index (χ1n) is 9.85. The number of amides is 1. The number of rotatable bonds is 9. The largest absolute Gasteiger partial charge is 1.00 e. The van der Waals surface area contributed by atoms with Gasteiger partial charge >= 0.3 is 109 Å². The molecule has 2 rings (SSSR count). The minimum atomic E-state index is -1.56. The third kappa shape index (κ3) is 11.9. The van der Waals surface area contributed by atoms with E-state index in [1.807, 2.05) is 0 Å². The van der Waals surface area contributed by atoms with E-state index < -0.39 is 35.7 Å². The molecule has 33 heavy (non-hydrogen) atoms. The van der Waals surface area contributed by atoms with Gasteiger partial charge in [-0.1, -0.05) is 60.7 Å². The number of carbonyl (C=O) groups excluding carboxylic acids is 3. The summed E-state index contributed by atoms with van der Waals surface area (Å²) in [6, 6.07) is 14.4. The van der Waals surface area contributed by atoms with Gasteiger partial charge in [-0.25, -0.2) is 15.2 Å². The van der Waals surface area contributed by atoms with Gasteiger partial charge in [0.1, 0.15) is 5.60 Å². The first-order valence-corrected chi connectivity index (χ1v) is 9.85. The average molecular weight is 505 g/mol. The van der Waals surface area contributed by atoms with Gasteiger partial charge in [-0.3, -0.25) is 0 Å². The van der Waals surface area contributed by atoms with Crippen LogP contribution in [0.25, 0.3) is 0 Å². The maximum absolute atomic E-state index is 12.8. The van der Waals surface area contributed by atoms with E-state index in [4.69, 9.17) is 4.74 Å². The quantitative estimate of drug-likeness (QED) is 0.267. The molecular weight excluding hydrogens is 478 g/mol. The zero-order chi connectivity index (χ0) is 23.0. The number of nitrogens with one attached hydrogen (secondary N) is 1. The van der Waals surface area contributed by atoms with Gasteiger partial charge in [-0.15, -0.1) is 0 Å². The Kier molecular flexibility index (Phi) is 15.7. The van der Waals surface area contributed by atoms with Crippen LogP contribution in [0.2, 0.25) is 0 Å². The first kappa shape index (κ1) is 32.9. The zero-order valence-electron chi connectivity index (χ0n) is 19.7. The Morgan fingerprint density at radius 2 is 1.30 bits per heavy atom. The molecule has 0 heterocycles. The molecule has 0 aliphatic heterocycles. The fraction of sp³-hybridized carbons (Fsp3) is 0.348. The van der Waals surface area contributed by atoms with Gasteiger partial charge in [-0.05, 0) is 44.7 Å². The molecule has 166 valence electrons. The molecule has 0 radical (unpaired) electrons. The minimum absolute atomic E-state index is 0.